The molecule has 2 aromatic rings. The van der Waals surface area contributed by atoms with E-state index in [1.165, 1.54) is 0 Å². The van der Waals surface area contributed by atoms with Crippen molar-refractivity contribution in [3.63, 3.8) is 0 Å². The van der Waals surface area contributed by atoms with Crippen LogP contribution >= 0.6 is 27.3 Å². The van der Waals surface area contributed by atoms with Crippen LogP contribution in [0.25, 0.3) is 10.6 Å². The predicted molar refractivity (Wildman–Crippen MR) is 100 cm³/mol. The number of amides is 1. The highest BCUT2D eigenvalue weighted by atomic mass is 79.9. The molecule has 24 heavy (non-hydrogen) atoms. The summed E-state index contributed by atoms with van der Waals surface area (Å²) in [5.41, 5.74) is 1.92. The molecule has 1 aromatic carbocycles. The summed E-state index contributed by atoms with van der Waals surface area (Å²) >= 11 is 5.06. The number of thiazole rings is 1. The molecule has 0 spiro atoms. The third-order valence-electron chi connectivity index (χ3n) is 4.09. The van der Waals surface area contributed by atoms with Crippen LogP contribution in [0.1, 0.15) is 25.5 Å². The number of hydrogen-bond donors (Lipinski definition) is 0. The van der Waals surface area contributed by atoms with Gasteiger partial charge in [-0.05, 0) is 31.9 Å². The second-order valence-electron chi connectivity index (χ2n) is 5.89. The first-order valence-electron chi connectivity index (χ1n) is 8.25. The number of piperidine rings is 1. The van der Waals surface area contributed by atoms with Crippen molar-refractivity contribution in [1.29, 1.82) is 0 Å². The van der Waals surface area contributed by atoms with E-state index in [0.29, 0.717) is 19.6 Å². The van der Waals surface area contributed by atoms with Gasteiger partial charge in [-0.25, -0.2) is 4.98 Å². The van der Waals surface area contributed by atoms with Crippen LogP contribution in [-0.2, 0) is 16.0 Å². The van der Waals surface area contributed by atoms with Crippen LogP contribution in [0.3, 0.4) is 0 Å². The second kappa shape index (κ2) is 8.23. The zero-order valence-corrected chi connectivity index (χ0v) is 16.1. The number of halogens is 1. The maximum atomic E-state index is 12.5. The van der Waals surface area contributed by atoms with E-state index in [4.69, 9.17) is 4.74 Å². The van der Waals surface area contributed by atoms with Crippen LogP contribution in [0.5, 0.6) is 0 Å². The Hall–Kier alpha value is -1.24. The molecular formula is C18H21BrN2O2S. The van der Waals surface area contributed by atoms with Crippen molar-refractivity contribution in [1.82, 2.24) is 9.88 Å². The Morgan fingerprint density at radius 3 is 3.17 bits per heavy atom. The van der Waals surface area contributed by atoms with E-state index >= 15 is 0 Å². The zero-order valence-electron chi connectivity index (χ0n) is 13.7. The maximum absolute atomic E-state index is 12.5. The SMILES string of the molecule is CCOC1CCCN(C(=O)Cc2csc(-c3cccc(Br)c3)n2)C1. The number of ether oxygens (including phenoxy) is 1. The summed E-state index contributed by atoms with van der Waals surface area (Å²) < 4.78 is 6.71. The minimum absolute atomic E-state index is 0.144. The molecule has 0 bridgehead atoms. The van der Waals surface area contributed by atoms with Crippen LogP contribution < -0.4 is 0 Å². The Balaban J connectivity index is 1.63. The van der Waals surface area contributed by atoms with Gasteiger partial charge in [-0.3, -0.25) is 4.79 Å². The molecule has 6 heteroatoms. The molecule has 1 amide bonds. The molecule has 1 aliphatic heterocycles. The van der Waals surface area contributed by atoms with Gasteiger partial charge in [0.1, 0.15) is 5.01 Å². The van der Waals surface area contributed by atoms with Gasteiger partial charge in [0.25, 0.3) is 0 Å². The minimum Gasteiger partial charge on any atom is -0.377 e. The van der Waals surface area contributed by atoms with Crippen LogP contribution in [0.4, 0.5) is 0 Å². The second-order valence-corrected chi connectivity index (χ2v) is 7.66. The molecule has 3 rings (SSSR count). The molecule has 2 heterocycles. The summed E-state index contributed by atoms with van der Waals surface area (Å²) in [6.07, 6.45) is 2.60. The fourth-order valence-corrected chi connectivity index (χ4v) is 4.16. The van der Waals surface area contributed by atoms with Crippen LogP contribution in [0.2, 0.25) is 0 Å². The molecule has 1 saturated heterocycles. The number of benzene rings is 1. The highest BCUT2D eigenvalue weighted by Gasteiger charge is 2.24. The molecule has 1 atom stereocenters. The van der Waals surface area contributed by atoms with E-state index in [2.05, 4.69) is 20.9 Å². The first-order valence-corrected chi connectivity index (χ1v) is 9.92. The quantitative estimate of drug-likeness (QED) is 0.746. The van der Waals surface area contributed by atoms with E-state index < -0.39 is 0 Å². The average molecular weight is 409 g/mol. The molecule has 0 aliphatic carbocycles. The zero-order chi connectivity index (χ0) is 16.9. The van der Waals surface area contributed by atoms with Gasteiger partial charge in [-0.1, -0.05) is 28.1 Å². The summed E-state index contributed by atoms with van der Waals surface area (Å²) in [5, 5.41) is 2.93. The fraction of sp³-hybridized carbons (Fsp3) is 0.444. The number of carbonyl (C=O) groups is 1. The van der Waals surface area contributed by atoms with Crippen molar-refractivity contribution in [2.24, 2.45) is 0 Å². The summed E-state index contributed by atoms with van der Waals surface area (Å²) in [4.78, 5) is 19.1. The van der Waals surface area contributed by atoms with Crippen LogP contribution in [0.15, 0.2) is 34.1 Å². The predicted octanol–water partition coefficient (Wildman–Crippen LogP) is 4.14. The van der Waals surface area contributed by atoms with Gasteiger partial charge in [0.2, 0.25) is 5.91 Å². The Bertz CT molecular complexity index is 702. The summed E-state index contributed by atoms with van der Waals surface area (Å²) in [6.45, 7) is 4.23. The standard InChI is InChI=1S/C18H21BrN2O2S/c1-2-23-16-7-4-8-21(11-16)17(22)10-15-12-24-18(20-15)13-5-3-6-14(19)9-13/h3,5-6,9,12,16H,2,4,7-8,10-11H2,1H3. The number of aromatic nitrogens is 1. The summed E-state index contributed by atoms with van der Waals surface area (Å²) in [6, 6.07) is 8.06. The first-order chi connectivity index (χ1) is 11.7. The summed E-state index contributed by atoms with van der Waals surface area (Å²) in [5.74, 6) is 0.144. The fourth-order valence-electron chi connectivity index (χ4n) is 2.95. The van der Waals surface area contributed by atoms with Gasteiger partial charge in [0.05, 0.1) is 18.2 Å². The van der Waals surface area contributed by atoms with E-state index in [9.17, 15) is 4.79 Å². The Morgan fingerprint density at radius 1 is 1.50 bits per heavy atom. The van der Waals surface area contributed by atoms with Gasteiger partial charge in [0, 0.05) is 35.1 Å². The lowest BCUT2D eigenvalue weighted by molar-refractivity contribution is -0.134. The van der Waals surface area contributed by atoms with Gasteiger partial charge in [0.15, 0.2) is 0 Å². The lowest BCUT2D eigenvalue weighted by Gasteiger charge is -2.32. The molecular weight excluding hydrogens is 388 g/mol. The Labute approximate surface area is 155 Å². The maximum Gasteiger partial charge on any atom is 0.228 e. The van der Waals surface area contributed by atoms with Crippen molar-refractivity contribution in [2.75, 3.05) is 19.7 Å². The minimum atomic E-state index is 0.144. The molecule has 0 radical (unpaired) electrons. The molecule has 1 unspecified atom stereocenters. The molecule has 1 aromatic heterocycles. The molecule has 1 fully saturated rings. The lowest BCUT2D eigenvalue weighted by atomic mass is 10.1. The molecule has 0 N–H and O–H groups in total. The topological polar surface area (TPSA) is 42.4 Å². The lowest BCUT2D eigenvalue weighted by Crippen LogP contribution is -2.43. The molecule has 0 saturated carbocycles. The van der Waals surface area contributed by atoms with E-state index in [1.54, 1.807) is 11.3 Å². The summed E-state index contributed by atoms with van der Waals surface area (Å²) in [7, 11) is 0. The number of hydrogen-bond acceptors (Lipinski definition) is 4. The molecule has 4 nitrogen and oxygen atoms in total. The average Bonchev–Trinajstić information content (AvgIpc) is 3.04. The van der Waals surface area contributed by atoms with Gasteiger partial charge in [-0.2, -0.15) is 0 Å². The first kappa shape index (κ1) is 17.6. The number of nitrogens with zero attached hydrogens (tertiary/aromatic N) is 2. The van der Waals surface area contributed by atoms with E-state index in [-0.39, 0.29) is 12.0 Å². The van der Waals surface area contributed by atoms with Crippen molar-refractivity contribution in [3.8, 4) is 10.6 Å². The van der Waals surface area contributed by atoms with Crippen molar-refractivity contribution in [2.45, 2.75) is 32.3 Å². The third kappa shape index (κ3) is 4.43. The Morgan fingerprint density at radius 2 is 2.38 bits per heavy atom. The van der Waals surface area contributed by atoms with Crippen LogP contribution in [-0.4, -0.2) is 41.6 Å². The van der Waals surface area contributed by atoms with Crippen molar-refractivity contribution >= 4 is 33.2 Å². The number of carbonyl (C=O) groups excluding carboxylic acids is 1. The Kier molecular flexibility index (Phi) is 6.03. The van der Waals surface area contributed by atoms with Gasteiger partial charge >= 0.3 is 0 Å². The van der Waals surface area contributed by atoms with Gasteiger partial charge < -0.3 is 9.64 Å². The van der Waals surface area contributed by atoms with Crippen LogP contribution in [0, 0.1) is 0 Å². The largest absolute Gasteiger partial charge is 0.377 e. The van der Waals surface area contributed by atoms with Crippen molar-refractivity contribution < 1.29 is 9.53 Å². The normalized spacial score (nSPS) is 17.9. The monoisotopic (exact) mass is 408 g/mol. The van der Waals surface area contributed by atoms with Gasteiger partial charge in [-0.15, -0.1) is 11.3 Å². The smallest absolute Gasteiger partial charge is 0.228 e. The number of rotatable bonds is 5. The highest BCUT2D eigenvalue weighted by Crippen LogP contribution is 2.26. The molecule has 1 aliphatic rings. The third-order valence-corrected chi connectivity index (χ3v) is 5.52. The molecule has 128 valence electrons. The van der Waals surface area contributed by atoms with E-state index in [0.717, 1.165) is 40.1 Å². The van der Waals surface area contributed by atoms with Crippen molar-refractivity contribution in [3.05, 3.63) is 39.8 Å². The highest BCUT2D eigenvalue weighted by molar-refractivity contribution is 9.10. The number of likely N-dealkylation sites (tertiary alicyclic amines) is 1. The van der Waals surface area contributed by atoms with E-state index in [1.807, 2.05) is 41.5 Å².